The summed E-state index contributed by atoms with van der Waals surface area (Å²) in [7, 11) is 0. The summed E-state index contributed by atoms with van der Waals surface area (Å²) in [6, 6.07) is 21.9. The highest BCUT2D eigenvalue weighted by Gasteiger charge is 2.40. The van der Waals surface area contributed by atoms with Gasteiger partial charge in [0, 0.05) is 29.1 Å². The third-order valence-electron chi connectivity index (χ3n) is 7.08. The van der Waals surface area contributed by atoms with Gasteiger partial charge in [-0.25, -0.2) is 14.8 Å². The normalized spacial score (nSPS) is 17.1. The van der Waals surface area contributed by atoms with Gasteiger partial charge in [-0.15, -0.1) is 0 Å². The number of benzene rings is 3. The number of aryl methyl sites for hydroxylation is 1. The number of furan rings is 1. The topological polar surface area (TPSA) is 109 Å². The summed E-state index contributed by atoms with van der Waals surface area (Å²) in [5.41, 5.74) is 4.49. The second-order valence-electron chi connectivity index (χ2n) is 9.82. The number of carbonyl (C=O) groups is 2. The summed E-state index contributed by atoms with van der Waals surface area (Å²) in [4.78, 5) is 36.1. The lowest BCUT2D eigenvalue weighted by Gasteiger charge is -2.22. The monoisotopic (exact) mass is 540 g/mol. The fraction of sp³-hybridized carbons (Fsp3) is 0.200. The van der Waals surface area contributed by atoms with Gasteiger partial charge in [-0.3, -0.25) is 4.79 Å². The van der Waals surface area contributed by atoms with Crippen molar-refractivity contribution in [1.29, 1.82) is 0 Å². The Morgan fingerprint density at radius 1 is 1.03 bits per heavy atom. The standard InChI is InChI=1S/C30H25ClN4O4/c1-17-32-27-23-4-2-3-5-25(23)39-28(27)29(33-17)35-16-18(14-24(35)30(37)38)15-26(36)34-22-12-8-20(9-13-22)19-6-10-21(31)11-7-19/h2-13,18,24H,14-16H2,1H3,(H,34,36)(H,37,38)/t18-,24+/m1/s1. The molecule has 3 heterocycles. The van der Waals surface area contributed by atoms with Crippen LogP contribution in [0.25, 0.3) is 33.2 Å². The van der Waals surface area contributed by atoms with E-state index in [4.69, 9.17) is 16.0 Å². The van der Waals surface area contributed by atoms with Crippen LogP contribution in [0.5, 0.6) is 0 Å². The molecule has 1 aliphatic heterocycles. The average molecular weight is 541 g/mol. The van der Waals surface area contributed by atoms with Crippen LogP contribution in [0.3, 0.4) is 0 Å². The van der Waals surface area contributed by atoms with Crippen molar-refractivity contribution in [3.05, 3.63) is 83.6 Å². The van der Waals surface area contributed by atoms with E-state index in [1.807, 2.05) is 72.8 Å². The smallest absolute Gasteiger partial charge is 0.326 e. The van der Waals surface area contributed by atoms with Crippen LogP contribution in [-0.2, 0) is 9.59 Å². The molecule has 0 unspecified atom stereocenters. The lowest BCUT2D eigenvalue weighted by Crippen LogP contribution is -2.36. The van der Waals surface area contributed by atoms with Crippen molar-refractivity contribution in [3.63, 3.8) is 0 Å². The van der Waals surface area contributed by atoms with E-state index < -0.39 is 12.0 Å². The van der Waals surface area contributed by atoms with Crippen LogP contribution >= 0.6 is 11.6 Å². The molecule has 2 aromatic heterocycles. The molecule has 8 nitrogen and oxygen atoms in total. The van der Waals surface area contributed by atoms with Gasteiger partial charge in [0.05, 0.1) is 0 Å². The molecule has 6 rings (SSSR count). The maximum atomic E-state index is 12.9. The number of anilines is 2. The SMILES string of the molecule is Cc1nc(N2C[C@@H](CC(=O)Nc3ccc(-c4ccc(Cl)cc4)cc3)C[C@H]2C(=O)O)c2oc3ccccc3c2n1. The van der Waals surface area contributed by atoms with Gasteiger partial charge in [0.1, 0.15) is 23.0 Å². The van der Waals surface area contributed by atoms with E-state index in [1.165, 1.54) is 0 Å². The minimum absolute atomic E-state index is 0.169. The van der Waals surface area contributed by atoms with Crippen LogP contribution in [0.4, 0.5) is 11.5 Å². The number of carboxylic acids is 1. The maximum Gasteiger partial charge on any atom is 0.326 e. The molecule has 196 valence electrons. The first-order valence-electron chi connectivity index (χ1n) is 12.7. The number of halogens is 1. The zero-order chi connectivity index (χ0) is 27.1. The molecule has 5 aromatic rings. The minimum atomic E-state index is -0.962. The predicted octanol–water partition coefficient (Wildman–Crippen LogP) is 6.31. The Balaban J connectivity index is 1.19. The molecular formula is C30H25ClN4O4. The Morgan fingerprint density at radius 3 is 2.44 bits per heavy atom. The van der Waals surface area contributed by atoms with Gasteiger partial charge in [0.25, 0.3) is 0 Å². The Hall–Kier alpha value is -4.43. The first kappa shape index (κ1) is 24.9. The number of fused-ring (bicyclic) bond motifs is 3. The van der Waals surface area contributed by atoms with Crippen LogP contribution in [0.1, 0.15) is 18.7 Å². The quantitative estimate of drug-likeness (QED) is 0.259. The van der Waals surface area contributed by atoms with Gasteiger partial charge < -0.3 is 19.7 Å². The summed E-state index contributed by atoms with van der Waals surface area (Å²) < 4.78 is 6.08. The highest BCUT2D eigenvalue weighted by Crippen LogP contribution is 2.38. The van der Waals surface area contributed by atoms with E-state index >= 15 is 0 Å². The van der Waals surface area contributed by atoms with E-state index in [9.17, 15) is 14.7 Å². The van der Waals surface area contributed by atoms with Gasteiger partial charge in [-0.05, 0) is 66.8 Å². The molecule has 2 N–H and O–H groups in total. The number of aliphatic carboxylic acids is 1. The molecule has 1 fully saturated rings. The number of carboxylic acid groups (broad SMARTS) is 1. The van der Waals surface area contributed by atoms with Crippen molar-refractivity contribution in [2.75, 3.05) is 16.8 Å². The van der Waals surface area contributed by atoms with Gasteiger partial charge >= 0.3 is 5.97 Å². The Bertz CT molecular complexity index is 1700. The predicted molar refractivity (Wildman–Crippen MR) is 151 cm³/mol. The summed E-state index contributed by atoms with van der Waals surface area (Å²) in [6.45, 7) is 2.14. The van der Waals surface area contributed by atoms with Crippen LogP contribution in [-0.4, -0.2) is 39.5 Å². The number of rotatable bonds is 6. The van der Waals surface area contributed by atoms with Crippen molar-refractivity contribution in [3.8, 4) is 11.1 Å². The molecule has 1 amide bonds. The maximum absolute atomic E-state index is 12.9. The summed E-state index contributed by atoms with van der Waals surface area (Å²) in [6.07, 6.45) is 0.510. The average Bonchev–Trinajstić information content (AvgIpc) is 3.51. The largest absolute Gasteiger partial charge is 0.480 e. The fourth-order valence-corrected chi connectivity index (χ4v) is 5.41. The van der Waals surface area contributed by atoms with Crippen LogP contribution in [0, 0.1) is 12.8 Å². The zero-order valence-electron chi connectivity index (χ0n) is 21.1. The number of nitrogens with zero attached hydrogens (tertiary/aromatic N) is 3. The Labute approximate surface area is 229 Å². The zero-order valence-corrected chi connectivity index (χ0v) is 21.9. The fourth-order valence-electron chi connectivity index (χ4n) is 5.28. The number of hydrogen-bond donors (Lipinski definition) is 2. The lowest BCUT2D eigenvalue weighted by atomic mass is 10.0. The number of aromatic nitrogens is 2. The number of nitrogens with one attached hydrogen (secondary N) is 1. The minimum Gasteiger partial charge on any atom is -0.480 e. The first-order valence-corrected chi connectivity index (χ1v) is 13.0. The van der Waals surface area contributed by atoms with Crippen molar-refractivity contribution in [1.82, 2.24) is 9.97 Å². The lowest BCUT2D eigenvalue weighted by molar-refractivity contribution is -0.138. The molecular weight excluding hydrogens is 516 g/mol. The highest BCUT2D eigenvalue weighted by atomic mass is 35.5. The molecule has 0 spiro atoms. The highest BCUT2D eigenvalue weighted by molar-refractivity contribution is 6.30. The summed E-state index contributed by atoms with van der Waals surface area (Å²) in [5, 5.41) is 14.5. The van der Waals surface area contributed by atoms with E-state index in [1.54, 1.807) is 11.8 Å². The first-order chi connectivity index (χ1) is 18.9. The molecule has 0 bridgehead atoms. The van der Waals surface area contributed by atoms with Gasteiger partial charge in [-0.1, -0.05) is 48.0 Å². The molecule has 1 aliphatic rings. The molecule has 0 saturated carbocycles. The third kappa shape index (κ3) is 4.91. The Morgan fingerprint density at radius 2 is 1.72 bits per heavy atom. The molecule has 39 heavy (non-hydrogen) atoms. The van der Waals surface area contributed by atoms with Crippen LogP contribution in [0.15, 0.2) is 77.2 Å². The van der Waals surface area contributed by atoms with E-state index in [0.29, 0.717) is 52.0 Å². The second-order valence-corrected chi connectivity index (χ2v) is 10.3. The van der Waals surface area contributed by atoms with Crippen LogP contribution < -0.4 is 10.2 Å². The molecule has 0 aliphatic carbocycles. The van der Waals surface area contributed by atoms with E-state index in [0.717, 1.165) is 16.5 Å². The molecule has 1 saturated heterocycles. The molecule has 9 heteroatoms. The van der Waals surface area contributed by atoms with Crippen LogP contribution in [0.2, 0.25) is 5.02 Å². The number of carbonyl (C=O) groups excluding carboxylic acids is 1. The van der Waals surface area contributed by atoms with E-state index in [2.05, 4.69) is 15.3 Å². The molecule has 3 aromatic carbocycles. The van der Waals surface area contributed by atoms with Crippen molar-refractivity contribution < 1.29 is 19.1 Å². The van der Waals surface area contributed by atoms with Gasteiger partial charge in [0.15, 0.2) is 11.4 Å². The van der Waals surface area contributed by atoms with Crippen molar-refractivity contribution in [2.24, 2.45) is 5.92 Å². The molecule has 2 atom stereocenters. The number of hydrogen-bond acceptors (Lipinski definition) is 6. The third-order valence-corrected chi connectivity index (χ3v) is 7.33. The summed E-state index contributed by atoms with van der Waals surface area (Å²) in [5.74, 6) is -0.332. The molecule has 0 radical (unpaired) electrons. The Kier molecular flexibility index (Phi) is 6.40. The van der Waals surface area contributed by atoms with E-state index in [-0.39, 0.29) is 18.2 Å². The van der Waals surface area contributed by atoms with Gasteiger partial charge in [0.2, 0.25) is 5.91 Å². The van der Waals surface area contributed by atoms with Gasteiger partial charge in [-0.2, -0.15) is 0 Å². The van der Waals surface area contributed by atoms with Crippen molar-refractivity contribution in [2.45, 2.75) is 25.8 Å². The number of amides is 1. The second kappa shape index (κ2) is 10.0. The number of para-hydroxylation sites is 1. The summed E-state index contributed by atoms with van der Waals surface area (Å²) >= 11 is 5.98. The van der Waals surface area contributed by atoms with Crippen molar-refractivity contribution >= 4 is 57.1 Å².